The Bertz CT molecular complexity index is 349. The van der Waals surface area contributed by atoms with Gasteiger partial charge in [-0.2, -0.15) is 0 Å². The third-order valence-electron chi connectivity index (χ3n) is 3.28. The first-order valence-electron chi connectivity index (χ1n) is 7.62. The molecule has 0 bridgehead atoms. The van der Waals surface area contributed by atoms with Crippen molar-refractivity contribution < 1.29 is 9.47 Å². The largest absolute Gasteiger partial charge is 0.497 e. The van der Waals surface area contributed by atoms with Gasteiger partial charge >= 0.3 is 0 Å². The third-order valence-corrected chi connectivity index (χ3v) is 3.28. The van der Waals surface area contributed by atoms with Crippen LogP contribution in [0.25, 0.3) is 0 Å². The number of hydrogen-bond acceptors (Lipinski definition) is 3. The molecule has 0 saturated carbocycles. The molecule has 0 amide bonds. The van der Waals surface area contributed by atoms with E-state index in [1.54, 1.807) is 7.11 Å². The molecule has 1 unspecified atom stereocenters. The summed E-state index contributed by atoms with van der Waals surface area (Å²) in [5, 5.41) is 3.55. The summed E-state index contributed by atoms with van der Waals surface area (Å²) >= 11 is 0. The Kier molecular flexibility index (Phi) is 8.31. The lowest BCUT2D eigenvalue weighted by molar-refractivity contribution is 0.102. The van der Waals surface area contributed by atoms with E-state index < -0.39 is 0 Å². The molecule has 1 N–H and O–H groups in total. The number of ether oxygens (including phenoxy) is 2. The van der Waals surface area contributed by atoms with E-state index in [0.717, 1.165) is 38.3 Å². The maximum Gasteiger partial charge on any atom is 0.118 e. The second kappa shape index (κ2) is 9.78. The summed E-state index contributed by atoms with van der Waals surface area (Å²) in [4.78, 5) is 0. The average molecular weight is 279 g/mol. The molecule has 1 rings (SSSR count). The normalized spacial score (nSPS) is 12.7. The van der Waals surface area contributed by atoms with E-state index in [9.17, 15) is 0 Å². The van der Waals surface area contributed by atoms with Gasteiger partial charge in [0.15, 0.2) is 0 Å². The quantitative estimate of drug-likeness (QED) is 0.661. The molecule has 0 aliphatic carbocycles. The maximum absolute atomic E-state index is 5.82. The molecule has 0 heterocycles. The second-order valence-electron chi connectivity index (χ2n) is 5.54. The van der Waals surface area contributed by atoms with E-state index in [1.165, 1.54) is 5.56 Å². The van der Waals surface area contributed by atoms with Gasteiger partial charge in [0.25, 0.3) is 0 Å². The van der Waals surface area contributed by atoms with Crippen molar-refractivity contribution in [1.29, 1.82) is 0 Å². The van der Waals surface area contributed by atoms with Crippen LogP contribution in [0.5, 0.6) is 5.75 Å². The molecule has 0 aromatic heterocycles. The van der Waals surface area contributed by atoms with Crippen LogP contribution in [-0.2, 0) is 4.74 Å². The van der Waals surface area contributed by atoms with Crippen molar-refractivity contribution in [3.8, 4) is 5.75 Å². The van der Waals surface area contributed by atoms with Crippen LogP contribution in [0.4, 0.5) is 0 Å². The summed E-state index contributed by atoms with van der Waals surface area (Å²) in [6, 6.07) is 8.48. The van der Waals surface area contributed by atoms with Gasteiger partial charge in [-0.3, -0.25) is 0 Å². The number of nitrogens with one attached hydrogen (secondary N) is 1. The topological polar surface area (TPSA) is 30.5 Å². The zero-order chi connectivity index (χ0) is 14.8. The van der Waals surface area contributed by atoms with Crippen molar-refractivity contribution in [2.24, 2.45) is 5.92 Å². The van der Waals surface area contributed by atoms with Crippen molar-refractivity contribution in [2.75, 3.05) is 26.9 Å². The fraction of sp³-hybridized carbons (Fsp3) is 0.647. The van der Waals surface area contributed by atoms with E-state index in [-0.39, 0.29) is 6.04 Å². The lowest BCUT2D eigenvalue weighted by Crippen LogP contribution is -2.26. The van der Waals surface area contributed by atoms with Gasteiger partial charge in [0.05, 0.1) is 19.8 Å². The Balaban J connectivity index is 2.53. The van der Waals surface area contributed by atoms with E-state index in [2.05, 4.69) is 38.2 Å². The number of rotatable bonds is 10. The van der Waals surface area contributed by atoms with Gasteiger partial charge in [-0.15, -0.1) is 0 Å². The van der Waals surface area contributed by atoms with Crippen LogP contribution in [0, 0.1) is 5.92 Å². The van der Waals surface area contributed by atoms with E-state index >= 15 is 0 Å². The molecule has 114 valence electrons. The van der Waals surface area contributed by atoms with Crippen LogP contribution >= 0.6 is 0 Å². The van der Waals surface area contributed by atoms with Crippen molar-refractivity contribution in [3.63, 3.8) is 0 Å². The van der Waals surface area contributed by atoms with Gasteiger partial charge in [0.1, 0.15) is 5.75 Å². The molecule has 0 aliphatic heterocycles. The van der Waals surface area contributed by atoms with Crippen LogP contribution in [0.15, 0.2) is 24.3 Å². The lowest BCUT2D eigenvalue weighted by Gasteiger charge is -2.19. The minimum atomic E-state index is 0.257. The van der Waals surface area contributed by atoms with E-state index in [0.29, 0.717) is 5.92 Å². The highest BCUT2D eigenvalue weighted by atomic mass is 16.5. The summed E-state index contributed by atoms with van der Waals surface area (Å²) in [6.07, 6.45) is 2.24. The molecule has 1 aromatic rings. The summed E-state index contributed by atoms with van der Waals surface area (Å²) < 4.78 is 11.0. The molecule has 0 fully saturated rings. The first-order valence-corrected chi connectivity index (χ1v) is 7.62. The standard InChI is InChI=1S/C17H29NO2/c1-5-11-18-17(13-20-12-10-14(2)3)15-6-8-16(19-4)9-7-15/h6-9,14,17-18H,5,10-13H2,1-4H3. The fourth-order valence-corrected chi connectivity index (χ4v) is 1.95. The summed E-state index contributed by atoms with van der Waals surface area (Å²) in [6.45, 7) is 9.18. The predicted molar refractivity (Wildman–Crippen MR) is 84.3 cm³/mol. The zero-order valence-electron chi connectivity index (χ0n) is 13.3. The Morgan fingerprint density at radius 3 is 2.40 bits per heavy atom. The maximum atomic E-state index is 5.82. The summed E-state index contributed by atoms with van der Waals surface area (Å²) in [5.41, 5.74) is 1.25. The molecule has 0 spiro atoms. The second-order valence-corrected chi connectivity index (χ2v) is 5.54. The molecule has 0 saturated heterocycles. The van der Waals surface area contributed by atoms with Crippen LogP contribution in [0.2, 0.25) is 0 Å². The van der Waals surface area contributed by atoms with Gasteiger partial charge in [-0.05, 0) is 43.0 Å². The van der Waals surface area contributed by atoms with E-state index in [4.69, 9.17) is 9.47 Å². The Morgan fingerprint density at radius 1 is 1.15 bits per heavy atom. The Labute approximate surface area is 123 Å². The summed E-state index contributed by atoms with van der Waals surface area (Å²) in [5.74, 6) is 1.58. The fourth-order valence-electron chi connectivity index (χ4n) is 1.95. The smallest absolute Gasteiger partial charge is 0.118 e. The van der Waals surface area contributed by atoms with Gasteiger partial charge in [0.2, 0.25) is 0 Å². The van der Waals surface area contributed by atoms with Crippen molar-refractivity contribution in [2.45, 2.75) is 39.7 Å². The molecule has 20 heavy (non-hydrogen) atoms. The molecule has 0 aliphatic rings. The monoisotopic (exact) mass is 279 g/mol. The molecule has 1 aromatic carbocycles. The van der Waals surface area contributed by atoms with E-state index in [1.807, 2.05) is 12.1 Å². The molecular formula is C17H29NO2. The number of methoxy groups -OCH3 is 1. The van der Waals surface area contributed by atoms with Gasteiger partial charge in [-0.1, -0.05) is 32.9 Å². The van der Waals surface area contributed by atoms with Gasteiger partial charge < -0.3 is 14.8 Å². The highest BCUT2D eigenvalue weighted by Crippen LogP contribution is 2.18. The Hall–Kier alpha value is -1.06. The first-order chi connectivity index (χ1) is 9.67. The highest BCUT2D eigenvalue weighted by molar-refractivity contribution is 5.29. The molecule has 0 radical (unpaired) electrons. The van der Waals surface area contributed by atoms with Crippen molar-refractivity contribution >= 4 is 0 Å². The molecular weight excluding hydrogens is 250 g/mol. The Morgan fingerprint density at radius 2 is 1.85 bits per heavy atom. The third kappa shape index (κ3) is 6.40. The highest BCUT2D eigenvalue weighted by Gasteiger charge is 2.11. The minimum absolute atomic E-state index is 0.257. The van der Waals surface area contributed by atoms with Crippen LogP contribution < -0.4 is 10.1 Å². The van der Waals surface area contributed by atoms with Gasteiger partial charge in [0, 0.05) is 6.61 Å². The minimum Gasteiger partial charge on any atom is -0.497 e. The van der Waals surface area contributed by atoms with Gasteiger partial charge in [-0.25, -0.2) is 0 Å². The molecule has 3 nitrogen and oxygen atoms in total. The van der Waals surface area contributed by atoms with Crippen molar-refractivity contribution in [3.05, 3.63) is 29.8 Å². The zero-order valence-corrected chi connectivity index (χ0v) is 13.3. The van der Waals surface area contributed by atoms with Crippen LogP contribution in [0.3, 0.4) is 0 Å². The molecule has 1 atom stereocenters. The number of hydrogen-bond donors (Lipinski definition) is 1. The van der Waals surface area contributed by atoms with Crippen LogP contribution in [0.1, 0.15) is 45.2 Å². The average Bonchev–Trinajstić information content (AvgIpc) is 2.46. The van der Waals surface area contributed by atoms with Crippen LogP contribution in [-0.4, -0.2) is 26.9 Å². The number of benzene rings is 1. The lowest BCUT2D eigenvalue weighted by atomic mass is 10.1. The predicted octanol–water partition coefficient (Wildman–Crippen LogP) is 3.80. The van der Waals surface area contributed by atoms with Crippen molar-refractivity contribution in [1.82, 2.24) is 5.32 Å². The SMILES string of the molecule is CCCNC(COCCC(C)C)c1ccc(OC)cc1. The first kappa shape index (κ1) is 17.0. The molecule has 3 heteroatoms. The summed E-state index contributed by atoms with van der Waals surface area (Å²) in [7, 11) is 1.69.